The van der Waals surface area contributed by atoms with E-state index >= 15 is 0 Å². The standard InChI is InChI=1S/C27H31ClFN5O2/c1-3-4-9-33-18-6-7-19(33)12-20(11-18)36-25-10-17(29)5-8-21(25)27(35)32-13-22-24(15-32)31-34-14-23(28)16(2)30-26(22)34/h5,8,10,14,18-20H,3-4,6-7,9,11-13,15H2,1-2H3/t18-,19+,20?. The number of rotatable bonds is 6. The molecule has 9 heteroatoms. The number of fused-ring (bicyclic) bond motifs is 5. The number of amides is 1. The molecule has 1 unspecified atom stereocenters. The predicted octanol–water partition coefficient (Wildman–Crippen LogP) is 5.16. The fraction of sp³-hybridized carbons (Fsp3) is 0.519. The van der Waals surface area contributed by atoms with E-state index in [0.717, 1.165) is 36.3 Å². The van der Waals surface area contributed by atoms with Gasteiger partial charge in [-0.25, -0.2) is 13.9 Å². The van der Waals surface area contributed by atoms with Crippen molar-refractivity contribution >= 4 is 23.2 Å². The van der Waals surface area contributed by atoms with Crippen LogP contribution in [0.2, 0.25) is 5.02 Å². The number of aromatic nitrogens is 3. The number of carbonyl (C=O) groups excluding carboxylic acids is 1. The van der Waals surface area contributed by atoms with Crippen molar-refractivity contribution in [3.8, 4) is 5.75 Å². The Kier molecular flexibility index (Phi) is 6.12. The molecular formula is C27H31ClFN5O2. The fourth-order valence-corrected chi connectivity index (χ4v) is 6.27. The Bertz CT molecular complexity index is 1310. The van der Waals surface area contributed by atoms with Gasteiger partial charge in [-0.3, -0.25) is 9.69 Å². The number of benzene rings is 1. The molecule has 0 aliphatic carbocycles. The highest BCUT2D eigenvalue weighted by Gasteiger charge is 2.41. The third-order valence-corrected chi connectivity index (χ3v) is 8.35. The molecule has 1 aromatic carbocycles. The van der Waals surface area contributed by atoms with E-state index < -0.39 is 5.82 Å². The van der Waals surface area contributed by atoms with Crippen molar-refractivity contribution < 1.29 is 13.9 Å². The van der Waals surface area contributed by atoms with Crippen molar-refractivity contribution in [2.24, 2.45) is 0 Å². The van der Waals surface area contributed by atoms with Gasteiger partial charge in [0, 0.05) is 23.7 Å². The molecule has 1 amide bonds. The zero-order chi connectivity index (χ0) is 25.0. The maximum Gasteiger partial charge on any atom is 0.258 e. The van der Waals surface area contributed by atoms with Gasteiger partial charge in [-0.1, -0.05) is 24.9 Å². The van der Waals surface area contributed by atoms with Gasteiger partial charge in [-0.05, 0) is 57.7 Å². The maximum atomic E-state index is 14.3. The Morgan fingerprint density at radius 3 is 2.75 bits per heavy atom. The largest absolute Gasteiger partial charge is 0.489 e. The summed E-state index contributed by atoms with van der Waals surface area (Å²) in [5, 5.41) is 5.13. The number of piperidine rings is 1. The van der Waals surface area contributed by atoms with Crippen LogP contribution in [0.3, 0.4) is 0 Å². The van der Waals surface area contributed by atoms with E-state index in [1.54, 1.807) is 21.7 Å². The number of nitrogens with zero attached hydrogens (tertiary/aromatic N) is 5. The van der Waals surface area contributed by atoms with E-state index in [1.807, 2.05) is 6.92 Å². The Morgan fingerprint density at radius 1 is 1.22 bits per heavy atom. The van der Waals surface area contributed by atoms with Crippen molar-refractivity contribution in [1.82, 2.24) is 24.4 Å². The van der Waals surface area contributed by atoms with Crippen LogP contribution in [0.15, 0.2) is 24.4 Å². The average molecular weight is 512 g/mol. The monoisotopic (exact) mass is 511 g/mol. The number of ether oxygens (including phenoxy) is 1. The minimum absolute atomic E-state index is 0.00867. The maximum absolute atomic E-state index is 14.3. The normalized spacial score (nSPS) is 23.4. The van der Waals surface area contributed by atoms with Crippen molar-refractivity contribution in [3.63, 3.8) is 0 Å². The summed E-state index contributed by atoms with van der Waals surface area (Å²) in [6.07, 6.45) is 8.37. The molecule has 2 bridgehead atoms. The van der Waals surface area contributed by atoms with Crippen LogP contribution in [0.1, 0.15) is 72.8 Å². The van der Waals surface area contributed by atoms with Crippen LogP contribution in [0.4, 0.5) is 4.39 Å². The Balaban J connectivity index is 1.20. The first-order valence-electron chi connectivity index (χ1n) is 13.0. The van der Waals surface area contributed by atoms with Crippen LogP contribution in [-0.2, 0) is 13.1 Å². The quantitative estimate of drug-likeness (QED) is 0.457. The second-order valence-corrected chi connectivity index (χ2v) is 10.8. The molecule has 7 nitrogen and oxygen atoms in total. The van der Waals surface area contributed by atoms with Gasteiger partial charge < -0.3 is 9.64 Å². The third-order valence-electron chi connectivity index (χ3n) is 7.97. The zero-order valence-corrected chi connectivity index (χ0v) is 21.5. The molecule has 2 saturated heterocycles. The first-order valence-corrected chi connectivity index (χ1v) is 13.3. The molecule has 0 radical (unpaired) electrons. The SMILES string of the molecule is CCCCN1[C@@H]2CC[C@H]1CC(Oc1cc(F)ccc1C(=O)N1Cc3nn4cc(Cl)c(C)nc4c3C1)C2. The number of unbranched alkanes of at least 4 members (excludes halogenated alkanes) is 1. The minimum atomic E-state index is -0.399. The lowest BCUT2D eigenvalue weighted by Crippen LogP contribution is -2.46. The smallest absolute Gasteiger partial charge is 0.258 e. The van der Waals surface area contributed by atoms with Crippen LogP contribution in [0.25, 0.3) is 5.65 Å². The highest BCUT2D eigenvalue weighted by molar-refractivity contribution is 6.31. The van der Waals surface area contributed by atoms with Crippen molar-refractivity contribution in [1.29, 1.82) is 0 Å². The number of aryl methyl sites for hydroxylation is 1. The first-order chi connectivity index (χ1) is 17.4. The van der Waals surface area contributed by atoms with E-state index in [9.17, 15) is 9.18 Å². The van der Waals surface area contributed by atoms with Gasteiger partial charge in [0.2, 0.25) is 0 Å². The highest BCUT2D eigenvalue weighted by Crippen LogP contribution is 2.38. The number of hydrogen-bond donors (Lipinski definition) is 0. The molecule has 0 spiro atoms. The van der Waals surface area contributed by atoms with Crippen LogP contribution in [-0.4, -0.2) is 55.0 Å². The summed E-state index contributed by atoms with van der Waals surface area (Å²) in [4.78, 5) is 22.5. The minimum Gasteiger partial charge on any atom is -0.489 e. The molecule has 3 aliphatic heterocycles. The molecule has 36 heavy (non-hydrogen) atoms. The lowest BCUT2D eigenvalue weighted by molar-refractivity contribution is 0.0471. The van der Waals surface area contributed by atoms with Gasteiger partial charge in [0.15, 0.2) is 5.65 Å². The van der Waals surface area contributed by atoms with Crippen LogP contribution in [0, 0.1) is 12.7 Å². The molecular weight excluding hydrogens is 481 g/mol. The number of halogens is 2. The van der Waals surface area contributed by atoms with Gasteiger partial charge in [0.05, 0.1) is 41.3 Å². The van der Waals surface area contributed by atoms with Crippen LogP contribution < -0.4 is 4.74 Å². The summed E-state index contributed by atoms with van der Waals surface area (Å²) in [6, 6.07) is 5.27. The van der Waals surface area contributed by atoms with E-state index in [0.29, 0.717) is 47.2 Å². The second-order valence-electron chi connectivity index (χ2n) is 10.4. The average Bonchev–Trinajstić information content (AvgIpc) is 3.47. The summed E-state index contributed by atoms with van der Waals surface area (Å²) < 4.78 is 22.3. The summed E-state index contributed by atoms with van der Waals surface area (Å²) >= 11 is 6.20. The molecule has 2 fully saturated rings. The Morgan fingerprint density at radius 2 is 2.00 bits per heavy atom. The number of hydrogen-bond acceptors (Lipinski definition) is 5. The first kappa shape index (κ1) is 23.7. The second kappa shape index (κ2) is 9.30. The van der Waals surface area contributed by atoms with E-state index in [-0.39, 0.29) is 12.0 Å². The van der Waals surface area contributed by atoms with Crippen molar-refractivity contribution in [2.75, 3.05) is 6.54 Å². The van der Waals surface area contributed by atoms with Crippen LogP contribution in [0.5, 0.6) is 5.75 Å². The molecule has 2 aromatic heterocycles. The molecule has 3 aliphatic rings. The van der Waals surface area contributed by atoms with Crippen molar-refractivity contribution in [2.45, 2.75) is 83.6 Å². The summed E-state index contributed by atoms with van der Waals surface area (Å²) in [5.41, 5.74) is 3.55. The molecule has 3 aromatic rings. The summed E-state index contributed by atoms with van der Waals surface area (Å²) in [5.74, 6) is -0.245. The van der Waals surface area contributed by atoms with E-state index in [2.05, 4.69) is 21.9 Å². The Labute approximate surface area is 215 Å². The molecule has 0 saturated carbocycles. The third kappa shape index (κ3) is 4.14. The van der Waals surface area contributed by atoms with Gasteiger partial charge in [-0.2, -0.15) is 5.10 Å². The lowest BCUT2D eigenvalue weighted by atomic mass is 9.99. The molecule has 0 N–H and O–H groups in total. The van der Waals surface area contributed by atoms with E-state index in [4.69, 9.17) is 16.3 Å². The number of carbonyl (C=O) groups is 1. The summed E-state index contributed by atoms with van der Waals surface area (Å²) in [7, 11) is 0. The van der Waals surface area contributed by atoms with E-state index in [1.165, 1.54) is 37.8 Å². The van der Waals surface area contributed by atoms with Crippen molar-refractivity contribution in [3.05, 3.63) is 57.8 Å². The van der Waals surface area contributed by atoms with Crippen LogP contribution >= 0.6 is 11.6 Å². The highest BCUT2D eigenvalue weighted by atomic mass is 35.5. The van der Waals surface area contributed by atoms with Gasteiger partial charge in [0.1, 0.15) is 17.7 Å². The Hall–Kier alpha value is -2.71. The zero-order valence-electron chi connectivity index (χ0n) is 20.7. The predicted molar refractivity (Wildman–Crippen MR) is 135 cm³/mol. The summed E-state index contributed by atoms with van der Waals surface area (Å²) in [6.45, 7) is 5.97. The molecule has 3 atom stereocenters. The van der Waals surface area contributed by atoms with Gasteiger partial charge in [-0.15, -0.1) is 0 Å². The molecule has 6 rings (SSSR count). The lowest BCUT2D eigenvalue weighted by Gasteiger charge is -2.39. The molecule has 190 valence electrons. The fourth-order valence-electron chi connectivity index (χ4n) is 6.13. The van der Waals surface area contributed by atoms with Gasteiger partial charge >= 0.3 is 0 Å². The molecule has 5 heterocycles. The van der Waals surface area contributed by atoms with Gasteiger partial charge in [0.25, 0.3) is 5.91 Å². The topological polar surface area (TPSA) is 63.0 Å².